The number of nitro groups is 1. The molecule has 0 aliphatic heterocycles. The van der Waals surface area contributed by atoms with Crippen LogP contribution in [0, 0.1) is 10.1 Å². The van der Waals surface area contributed by atoms with E-state index in [1.807, 2.05) is 40.7 Å². The third kappa shape index (κ3) is 3.59. The second kappa shape index (κ2) is 5.47. The van der Waals surface area contributed by atoms with E-state index in [4.69, 9.17) is 5.73 Å². The van der Waals surface area contributed by atoms with E-state index in [1.54, 1.807) is 6.07 Å². The van der Waals surface area contributed by atoms with Crippen LogP contribution in [0.4, 0.5) is 17.1 Å². The highest BCUT2D eigenvalue weighted by molar-refractivity contribution is 5.78. The Kier molecular flexibility index (Phi) is 4.39. The predicted molar refractivity (Wildman–Crippen MR) is 79.6 cm³/mol. The van der Waals surface area contributed by atoms with Crippen molar-refractivity contribution in [3.05, 3.63) is 27.8 Å². The molecule has 0 heterocycles. The number of nitrogens with two attached hydrogens (primary N) is 1. The van der Waals surface area contributed by atoms with Crippen LogP contribution in [0.25, 0.3) is 0 Å². The Labute approximate surface area is 114 Å². The number of hydrogen-bond donors (Lipinski definition) is 2. The van der Waals surface area contributed by atoms with E-state index in [2.05, 4.69) is 5.32 Å². The zero-order valence-corrected chi connectivity index (χ0v) is 12.3. The van der Waals surface area contributed by atoms with Gasteiger partial charge in [-0.15, -0.1) is 0 Å². The van der Waals surface area contributed by atoms with Crippen LogP contribution in [0.3, 0.4) is 0 Å². The lowest BCUT2D eigenvalue weighted by Crippen LogP contribution is -2.18. The quantitative estimate of drug-likeness (QED) is 0.494. The van der Waals surface area contributed by atoms with Crippen LogP contribution in [-0.4, -0.2) is 11.0 Å². The molecule has 0 saturated heterocycles. The number of nitrogens with zero attached hydrogens (tertiary/aromatic N) is 1. The second-order valence-electron chi connectivity index (χ2n) is 5.92. The molecule has 0 bridgehead atoms. The molecule has 0 saturated carbocycles. The lowest BCUT2D eigenvalue weighted by Gasteiger charge is -2.22. The summed E-state index contributed by atoms with van der Waals surface area (Å²) < 4.78 is 0. The summed E-state index contributed by atoms with van der Waals surface area (Å²) >= 11 is 0. The van der Waals surface area contributed by atoms with Gasteiger partial charge in [-0.2, -0.15) is 0 Å². The molecule has 5 nitrogen and oxygen atoms in total. The monoisotopic (exact) mass is 265 g/mol. The average molecular weight is 265 g/mol. The van der Waals surface area contributed by atoms with Crippen molar-refractivity contribution in [3.63, 3.8) is 0 Å². The van der Waals surface area contributed by atoms with Gasteiger partial charge in [-0.3, -0.25) is 10.1 Å². The van der Waals surface area contributed by atoms with Crippen molar-refractivity contribution in [2.75, 3.05) is 11.1 Å². The highest BCUT2D eigenvalue weighted by Crippen LogP contribution is 2.36. The first-order valence-electron chi connectivity index (χ1n) is 6.51. The molecular weight excluding hydrogens is 242 g/mol. The standard InChI is InChI=1S/C14H23N3O2/c1-6-9(2)16-13-11(15)7-10(14(3,4)5)8-12(13)17(18)19/h7-9,16H,6,15H2,1-5H3. The summed E-state index contributed by atoms with van der Waals surface area (Å²) in [6.07, 6.45) is 0.873. The first-order chi connectivity index (χ1) is 8.66. The zero-order chi connectivity index (χ0) is 14.8. The van der Waals surface area contributed by atoms with Crippen molar-refractivity contribution >= 4 is 17.1 Å². The summed E-state index contributed by atoms with van der Waals surface area (Å²) in [6.45, 7) is 10.0. The van der Waals surface area contributed by atoms with Gasteiger partial charge in [0.1, 0.15) is 5.69 Å². The number of nitrogens with one attached hydrogen (secondary N) is 1. The van der Waals surface area contributed by atoms with Crippen LogP contribution in [0.5, 0.6) is 0 Å². The Hall–Kier alpha value is -1.78. The fourth-order valence-electron chi connectivity index (χ4n) is 1.73. The molecule has 1 aromatic rings. The fraction of sp³-hybridized carbons (Fsp3) is 0.571. The Morgan fingerprint density at radius 2 is 2.00 bits per heavy atom. The molecule has 0 aliphatic carbocycles. The van der Waals surface area contributed by atoms with Gasteiger partial charge in [0.05, 0.1) is 10.6 Å². The van der Waals surface area contributed by atoms with E-state index >= 15 is 0 Å². The van der Waals surface area contributed by atoms with E-state index in [1.165, 1.54) is 0 Å². The van der Waals surface area contributed by atoms with Crippen LogP contribution in [-0.2, 0) is 5.41 Å². The van der Waals surface area contributed by atoms with E-state index in [9.17, 15) is 10.1 Å². The average Bonchev–Trinajstić information content (AvgIpc) is 2.29. The van der Waals surface area contributed by atoms with Crippen molar-refractivity contribution in [2.45, 2.75) is 52.5 Å². The summed E-state index contributed by atoms with van der Waals surface area (Å²) in [5.74, 6) is 0. The Morgan fingerprint density at radius 3 is 2.42 bits per heavy atom. The molecule has 0 spiro atoms. The first kappa shape index (κ1) is 15.3. The molecule has 0 amide bonds. The number of nitro benzene ring substituents is 1. The smallest absolute Gasteiger partial charge is 0.294 e. The minimum atomic E-state index is -0.379. The first-order valence-corrected chi connectivity index (χ1v) is 6.51. The van der Waals surface area contributed by atoms with Gasteiger partial charge in [0.15, 0.2) is 0 Å². The minimum absolute atomic E-state index is 0.0465. The van der Waals surface area contributed by atoms with E-state index < -0.39 is 0 Å². The summed E-state index contributed by atoms with van der Waals surface area (Å²) in [6, 6.07) is 3.57. The molecule has 0 radical (unpaired) electrons. The second-order valence-corrected chi connectivity index (χ2v) is 5.92. The minimum Gasteiger partial charge on any atom is -0.397 e. The molecule has 1 aromatic carbocycles. The van der Waals surface area contributed by atoms with Crippen LogP contribution in [0.1, 0.15) is 46.6 Å². The maximum atomic E-state index is 11.2. The Bertz CT molecular complexity index is 478. The van der Waals surface area contributed by atoms with Crippen molar-refractivity contribution in [3.8, 4) is 0 Å². The molecule has 0 fully saturated rings. The third-order valence-electron chi connectivity index (χ3n) is 3.21. The highest BCUT2D eigenvalue weighted by atomic mass is 16.6. The van der Waals surface area contributed by atoms with Gasteiger partial charge in [-0.25, -0.2) is 0 Å². The number of anilines is 2. The predicted octanol–water partition coefficient (Wildman–Crippen LogP) is 3.68. The maximum absolute atomic E-state index is 11.2. The van der Waals surface area contributed by atoms with Gasteiger partial charge >= 0.3 is 0 Å². The van der Waals surface area contributed by atoms with Gasteiger partial charge in [0.2, 0.25) is 0 Å². The van der Waals surface area contributed by atoms with E-state index in [-0.39, 0.29) is 22.1 Å². The highest BCUT2D eigenvalue weighted by Gasteiger charge is 2.24. The number of benzene rings is 1. The van der Waals surface area contributed by atoms with Crippen molar-refractivity contribution in [2.24, 2.45) is 0 Å². The molecule has 5 heteroatoms. The topological polar surface area (TPSA) is 81.2 Å². The van der Waals surface area contributed by atoms with Crippen LogP contribution in [0.2, 0.25) is 0 Å². The summed E-state index contributed by atoms with van der Waals surface area (Å²) in [4.78, 5) is 10.9. The molecule has 0 aliphatic rings. The molecule has 1 rings (SSSR count). The molecule has 3 N–H and O–H groups in total. The fourth-order valence-corrected chi connectivity index (χ4v) is 1.73. The number of hydrogen-bond acceptors (Lipinski definition) is 4. The summed E-state index contributed by atoms with van der Waals surface area (Å²) in [7, 11) is 0. The van der Waals surface area contributed by atoms with Crippen LogP contribution < -0.4 is 11.1 Å². The zero-order valence-electron chi connectivity index (χ0n) is 12.3. The van der Waals surface area contributed by atoms with Gasteiger partial charge in [0.25, 0.3) is 5.69 Å². The van der Waals surface area contributed by atoms with Crippen LogP contribution in [0.15, 0.2) is 12.1 Å². The molecule has 1 unspecified atom stereocenters. The van der Waals surface area contributed by atoms with Gasteiger partial charge in [0, 0.05) is 12.1 Å². The molecule has 1 atom stereocenters. The molecule has 19 heavy (non-hydrogen) atoms. The number of rotatable bonds is 4. The van der Waals surface area contributed by atoms with Crippen molar-refractivity contribution < 1.29 is 4.92 Å². The molecular formula is C14H23N3O2. The van der Waals surface area contributed by atoms with E-state index in [0.717, 1.165) is 12.0 Å². The summed E-state index contributed by atoms with van der Waals surface area (Å²) in [5.41, 5.74) is 7.59. The maximum Gasteiger partial charge on any atom is 0.294 e. The lowest BCUT2D eigenvalue weighted by molar-refractivity contribution is -0.384. The van der Waals surface area contributed by atoms with E-state index in [0.29, 0.717) is 11.4 Å². The van der Waals surface area contributed by atoms with Crippen molar-refractivity contribution in [1.82, 2.24) is 0 Å². The Morgan fingerprint density at radius 1 is 1.42 bits per heavy atom. The summed E-state index contributed by atoms with van der Waals surface area (Å²) in [5, 5.41) is 14.4. The van der Waals surface area contributed by atoms with Gasteiger partial charge in [-0.05, 0) is 30.4 Å². The Balaban J connectivity index is 3.35. The van der Waals surface area contributed by atoms with Gasteiger partial charge < -0.3 is 11.1 Å². The molecule has 0 aromatic heterocycles. The third-order valence-corrected chi connectivity index (χ3v) is 3.21. The largest absolute Gasteiger partial charge is 0.397 e. The molecule has 106 valence electrons. The SMILES string of the molecule is CCC(C)Nc1c(N)cc(C(C)(C)C)cc1[N+](=O)[O-]. The van der Waals surface area contributed by atoms with Crippen LogP contribution >= 0.6 is 0 Å². The van der Waals surface area contributed by atoms with Gasteiger partial charge in [-0.1, -0.05) is 27.7 Å². The number of nitrogen functional groups attached to an aromatic ring is 1. The van der Waals surface area contributed by atoms with Crippen molar-refractivity contribution in [1.29, 1.82) is 0 Å². The lowest BCUT2D eigenvalue weighted by atomic mass is 9.86. The normalized spacial score (nSPS) is 13.1.